The Morgan fingerprint density at radius 1 is 1.57 bits per heavy atom. The van der Waals surface area contributed by atoms with E-state index in [2.05, 4.69) is 34.6 Å². The fourth-order valence-electron chi connectivity index (χ4n) is 0.977. The van der Waals surface area contributed by atoms with Gasteiger partial charge in [0.25, 0.3) is 5.56 Å². The normalized spacial score (nSPS) is 10.4. The van der Waals surface area contributed by atoms with Crippen LogP contribution >= 0.6 is 22.6 Å². The highest BCUT2D eigenvalue weighted by molar-refractivity contribution is 14.1. The molecule has 0 aliphatic carbocycles. The Bertz CT molecular complexity index is 338. The van der Waals surface area contributed by atoms with E-state index in [-0.39, 0.29) is 5.56 Å². The van der Waals surface area contributed by atoms with Gasteiger partial charge >= 0.3 is 0 Å². The third kappa shape index (κ3) is 3.75. The zero-order valence-corrected chi connectivity index (χ0v) is 10.2. The zero-order chi connectivity index (χ0) is 10.4. The van der Waals surface area contributed by atoms with E-state index < -0.39 is 0 Å². The molecular formula is C9H13IN2O2. The maximum Gasteiger partial charge on any atom is 0.267 e. The summed E-state index contributed by atoms with van der Waals surface area (Å²) in [6.07, 6.45) is 2.66. The van der Waals surface area contributed by atoms with Crippen LogP contribution in [0.4, 0.5) is 0 Å². The maximum atomic E-state index is 11.3. The third-order valence-electron chi connectivity index (χ3n) is 1.63. The summed E-state index contributed by atoms with van der Waals surface area (Å²) in [6, 6.07) is 1.56. The molecule has 1 aromatic rings. The van der Waals surface area contributed by atoms with Gasteiger partial charge in [-0.25, -0.2) is 4.68 Å². The minimum atomic E-state index is -0.0722. The molecule has 0 atom stereocenters. The molecule has 0 amide bonds. The minimum absolute atomic E-state index is 0.0722. The number of hydrogen-bond acceptors (Lipinski definition) is 3. The van der Waals surface area contributed by atoms with E-state index >= 15 is 0 Å². The molecule has 0 saturated heterocycles. The Labute approximate surface area is 96.4 Å². The van der Waals surface area contributed by atoms with Crippen molar-refractivity contribution < 1.29 is 4.74 Å². The molecule has 0 aromatic carbocycles. The van der Waals surface area contributed by atoms with Gasteiger partial charge in [-0.2, -0.15) is 5.10 Å². The maximum absolute atomic E-state index is 11.3. The first-order chi connectivity index (χ1) is 6.74. The van der Waals surface area contributed by atoms with Crippen molar-refractivity contribution in [2.45, 2.75) is 19.9 Å². The van der Waals surface area contributed by atoms with Crippen LogP contribution in [0.3, 0.4) is 0 Å². The molecule has 14 heavy (non-hydrogen) atoms. The van der Waals surface area contributed by atoms with Crippen molar-refractivity contribution in [1.82, 2.24) is 9.78 Å². The van der Waals surface area contributed by atoms with Crippen LogP contribution in [0.2, 0.25) is 0 Å². The van der Waals surface area contributed by atoms with E-state index in [1.165, 1.54) is 4.68 Å². The van der Waals surface area contributed by atoms with Gasteiger partial charge in [0.15, 0.2) is 0 Å². The number of rotatable bonds is 5. The van der Waals surface area contributed by atoms with Crippen molar-refractivity contribution in [1.29, 1.82) is 0 Å². The van der Waals surface area contributed by atoms with Gasteiger partial charge < -0.3 is 4.74 Å². The highest BCUT2D eigenvalue weighted by Gasteiger charge is 1.97. The standard InChI is InChI=1S/C9H13IN2O2/c1-2-4-14-5-3-12-9(13)6-8(10)7-11-12/h6-7H,2-5H2,1H3. The number of aromatic nitrogens is 2. The molecule has 0 N–H and O–H groups in total. The van der Waals surface area contributed by atoms with Crippen LogP contribution in [0.1, 0.15) is 13.3 Å². The molecule has 1 rings (SSSR count). The van der Waals surface area contributed by atoms with Crippen molar-refractivity contribution in [2.24, 2.45) is 0 Å². The predicted molar refractivity (Wildman–Crippen MR) is 62.3 cm³/mol. The molecule has 0 aliphatic rings. The number of nitrogens with zero attached hydrogens (tertiary/aromatic N) is 2. The molecule has 5 heteroatoms. The molecule has 1 aromatic heterocycles. The number of hydrogen-bond donors (Lipinski definition) is 0. The molecule has 0 radical (unpaired) electrons. The molecule has 0 unspecified atom stereocenters. The first-order valence-corrected chi connectivity index (χ1v) is 5.62. The molecule has 4 nitrogen and oxygen atoms in total. The lowest BCUT2D eigenvalue weighted by Crippen LogP contribution is -2.24. The van der Waals surface area contributed by atoms with Crippen molar-refractivity contribution in [2.75, 3.05) is 13.2 Å². The molecule has 1 heterocycles. The van der Waals surface area contributed by atoms with Crippen molar-refractivity contribution in [3.63, 3.8) is 0 Å². The Balaban J connectivity index is 2.47. The SMILES string of the molecule is CCCOCCn1ncc(I)cc1=O. The molecule has 0 bridgehead atoms. The topological polar surface area (TPSA) is 44.1 Å². The summed E-state index contributed by atoms with van der Waals surface area (Å²) < 4.78 is 7.54. The van der Waals surface area contributed by atoms with Gasteiger partial charge in [-0.1, -0.05) is 6.92 Å². The van der Waals surface area contributed by atoms with Crippen LogP contribution in [0.25, 0.3) is 0 Å². The number of halogens is 1. The summed E-state index contributed by atoms with van der Waals surface area (Å²) in [6.45, 7) is 3.85. The first kappa shape index (κ1) is 11.6. The Hall–Kier alpha value is -0.430. The second-order valence-electron chi connectivity index (χ2n) is 2.85. The summed E-state index contributed by atoms with van der Waals surface area (Å²) in [4.78, 5) is 11.3. The smallest absolute Gasteiger partial charge is 0.267 e. The predicted octanol–water partition coefficient (Wildman–Crippen LogP) is 1.27. The fraction of sp³-hybridized carbons (Fsp3) is 0.556. The number of ether oxygens (including phenoxy) is 1. The summed E-state index contributed by atoms with van der Waals surface area (Å²) >= 11 is 2.07. The minimum Gasteiger partial charge on any atom is -0.380 e. The molecule has 0 aliphatic heterocycles. The van der Waals surface area contributed by atoms with E-state index in [0.29, 0.717) is 13.2 Å². The van der Waals surface area contributed by atoms with Gasteiger partial charge in [-0.05, 0) is 29.0 Å². The van der Waals surface area contributed by atoms with Crippen LogP contribution < -0.4 is 5.56 Å². The average Bonchev–Trinajstić information content (AvgIpc) is 2.15. The van der Waals surface area contributed by atoms with Crippen LogP contribution in [-0.4, -0.2) is 23.0 Å². The van der Waals surface area contributed by atoms with E-state index in [1.807, 2.05) is 0 Å². The monoisotopic (exact) mass is 308 g/mol. The molecular weight excluding hydrogens is 295 g/mol. The van der Waals surface area contributed by atoms with Gasteiger partial charge in [0.2, 0.25) is 0 Å². The quantitative estimate of drug-likeness (QED) is 0.608. The molecule has 0 saturated carbocycles. The first-order valence-electron chi connectivity index (χ1n) is 4.54. The summed E-state index contributed by atoms with van der Waals surface area (Å²) in [5.74, 6) is 0. The van der Waals surface area contributed by atoms with Crippen molar-refractivity contribution >= 4 is 22.6 Å². The van der Waals surface area contributed by atoms with Gasteiger partial charge in [0.05, 0.1) is 19.3 Å². The average molecular weight is 308 g/mol. The lowest BCUT2D eigenvalue weighted by molar-refractivity contribution is 0.123. The van der Waals surface area contributed by atoms with Gasteiger partial charge in [-0.3, -0.25) is 4.79 Å². The Morgan fingerprint density at radius 3 is 3.00 bits per heavy atom. The van der Waals surface area contributed by atoms with Crippen LogP contribution in [0.5, 0.6) is 0 Å². The van der Waals surface area contributed by atoms with Gasteiger partial charge in [0.1, 0.15) is 0 Å². The second kappa shape index (κ2) is 6.13. The highest BCUT2D eigenvalue weighted by Crippen LogP contribution is 1.95. The van der Waals surface area contributed by atoms with E-state index in [0.717, 1.165) is 16.6 Å². The van der Waals surface area contributed by atoms with E-state index in [1.54, 1.807) is 12.3 Å². The molecule has 78 valence electrons. The van der Waals surface area contributed by atoms with E-state index in [4.69, 9.17) is 4.74 Å². The van der Waals surface area contributed by atoms with Crippen molar-refractivity contribution in [3.8, 4) is 0 Å². The molecule has 0 spiro atoms. The fourth-order valence-corrected chi connectivity index (χ4v) is 1.37. The highest BCUT2D eigenvalue weighted by atomic mass is 127. The van der Waals surface area contributed by atoms with Crippen molar-refractivity contribution in [3.05, 3.63) is 26.2 Å². The third-order valence-corrected chi connectivity index (χ3v) is 2.22. The van der Waals surface area contributed by atoms with Crippen LogP contribution in [-0.2, 0) is 11.3 Å². The largest absolute Gasteiger partial charge is 0.380 e. The van der Waals surface area contributed by atoms with Crippen LogP contribution in [0.15, 0.2) is 17.1 Å². The lowest BCUT2D eigenvalue weighted by Gasteiger charge is -2.04. The molecule has 0 fully saturated rings. The lowest BCUT2D eigenvalue weighted by atomic mass is 10.5. The summed E-state index contributed by atoms with van der Waals surface area (Å²) in [7, 11) is 0. The van der Waals surface area contributed by atoms with Gasteiger partial charge in [-0.15, -0.1) is 0 Å². The summed E-state index contributed by atoms with van der Waals surface area (Å²) in [5.41, 5.74) is -0.0722. The van der Waals surface area contributed by atoms with E-state index in [9.17, 15) is 4.79 Å². The second-order valence-corrected chi connectivity index (χ2v) is 4.09. The Kier molecular flexibility index (Phi) is 5.10. The Morgan fingerprint density at radius 2 is 2.36 bits per heavy atom. The zero-order valence-electron chi connectivity index (χ0n) is 8.07. The van der Waals surface area contributed by atoms with Crippen LogP contribution in [0, 0.1) is 3.57 Å². The van der Waals surface area contributed by atoms with Gasteiger partial charge in [0, 0.05) is 16.2 Å². The summed E-state index contributed by atoms with van der Waals surface area (Å²) in [5, 5.41) is 3.99.